The van der Waals surface area contributed by atoms with Gasteiger partial charge in [0.25, 0.3) is 0 Å². The van der Waals surface area contributed by atoms with Crippen LogP contribution in [0.3, 0.4) is 0 Å². The third kappa shape index (κ3) is 2.42. The van der Waals surface area contributed by atoms with E-state index in [9.17, 15) is 0 Å². The van der Waals surface area contributed by atoms with Gasteiger partial charge in [0.2, 0.25) is 0 Å². The summed E-state index contributed by atoms with van der Waals surface area (Å²) in [6.07, 6.45) is 0. The van der Waals surface area contributed by atoms with E-state index in [2.05, 4.69) is 4.98 Å². The lowest BCUT2D eigenvalue weighted by Gasteiger charge is -2.05. The number of fused-ring (bicyclic) bond motifs is 1. The quantitative estimate of drug-likeness (QED) is 0.725. The normalized spacial score (nSPS) is 10.8. The highest BCUT2D eigenvalue weighted by Gasteiger charge is 2.08. The summed E-state index contributed by atoms with van der Waals surface area (Å²) in [5.41, 5.74) is 1.94. The maximum Gasteiger partial charge on any atom is 0.147 e. The highest BCUT2D eigenvalue weighted by molar-refractivity contribution is 6.31. The molecule has 0 radical (unpaired) electrons. The van der Waals surface area contributed by atoms with Crippen molar-refractivity contribution in [1.29, 1.82) is 0 Å². The van der Waals surface area contributed by atoms with Crippen molar-refractivity contribution in [3.63, 3.8) is 0 Å². The van der Waals surface area contributed by atoms with Crippen molar-refractivity contribution in [2.45, 2.75) is 6.61 Å². The summed E-state index contributed by atoms with van der Waals surface area (Å²) in [7, 11) is 1.98. The molecule has 0 N–H and O–H groups in total. The molecule has 96 valence electrons. The van der Waals surface area contributed by atoms with Crippen molar-refractivity contribution in [3.05, 3.63) is 59.4 Å². The summed E-state index contributed by atoms with van der Waals surface area (Å²) in [4.78, 5) is 4.54. The summed E-state index contributed by atoms with van der Waals surface area (Å²) < 4.78 is 7.74. The molecule has 0 spiro atoms. The highest BCUT2D eigenvalue weighted by atomic mass is 35.5. The number of hydrogen-bond acceptors (Lipinski definition) is 2. The molecule has 0 fully saturated rings. The minimum Gasteiger partial charge on any atom is -0.486 e. The predicted molar refractivity (Wildman–Crippen MR) is 76.5 cm³/mol. The Bertz CT molecular complexity index is 707. The average molecular weight is 273 g/mol. The lowest BCUT2D eigenvalue weighted by Crippen LogP contribution is -2.03. The predicted octanol–water partition coefficient (Wildman–Crippen LogP) is 3.81. The molecule has 2 aromatic carbocycles. The molecule has 0 bridgehead atoms. The van der Waals surface area contributed by atoms with E-state index in [0.717, 1.165) is 22.6 Å². The smallest absolute Gasteiger partial charge is 0.147 e. The number of para-hydroxylation sites is 1. The Morgan fingerprint density at radius 2 is 1.95 bits per heavy atom. The standard InChI is InChI=1S/C15H13ClN2O/c1-18-14-8-7-11(16)9-13(14)17-15(18)10-19-12-5-3-2-4-6-12/h2-9H,10H2,1H3. The zero-order valence-electron chi connectivity index (χ0n) is 10.5. The molecule has 19 heavy (non-hydrogen) atoms. The van der Waals surface area contributed by atoms with Crippen molar-refractivity contribution in [2.24, 2.45) is 7.05 Å². The number of imidazole rings is 1. The number of aromatic nitrogens is 2. The maximum atomic E-state index is 5.97. The van der Waals surface area contributed by atoms with Gasteiger partial charge in [-0.1, -0.05) is 29.8 Å². The van der Waals surface area contributed by atoms with E-state index < -0.39 is 0 Å². The van der Waals surface area contributed by atoms with Crippen molar-refractivity contribution in [3.8, 4) is 5.75 Å². The van der Waals surface area contributed by atoms with Crippen LogP contribution in [0.15, 0.2) is 48.5 Å². The minimum atomic E-state index is 0.437. The number of aryl methyl sites for hydroxylation is 1. The molecule has 0 aliphatic rings. The number of benzene rings is 2. The van der Waals surface area contributed by atoms with Gasteiger partial charge in [-0.05, 0) is 30.3 Å². The van der Waals surface area contributed by atoms with Crippen LogP contribution < -0.4 is 4.74 Å². The van der Waals surface area contributed by atoms with Gasteiger partial charge in [0.1, 0.15) is 18.2 Å². The fraction of sp³-hybridized carbons (Fsp3) is 0.133. The van der Waals surface area contributed by atoms with Gasteiger partial charge < -0.3 is 9.30 Å². The minimum absolute atomic E-state index is 0.437. The molecule has 1 heterocycles. The van der Waals surface area contributed by atoms with E-state index in [1.54, 1.807) is 0 Å². The molecule has 3 rings (SSSR count). The van der Waals surface area contributed by atoms with Crippen molar-refractivity contribution in [1.82, 2.24) is 9.55 Å². The van der Waals surface area contributed by atoms with Crippen LogP contribution in [-0.2, 0) is 13.7 Å². The molecule has 0 unspecified atom stereocenters. The topological polar surface area (TPSA) is 27.1 Å². The Balaban J connectivity index is 1.87. The lowest BCUT2D eigenvalue weighted by molar-refractivity contribution is 0.292. The van der Waals surface area contributed by atoms with E-state index in [1.165, 1.54) is 0 Å². The van der Waals surface area contributed by atoms with Crippen LogP contribution in [0, 0.1) is 0 Å². The molecule has 3 aromatic rings. The first-order valence-corrected chi connectivity index (χ1v) is 6.40. The van der Waals surface area contributed by atoms with Gasteiger partial charge >= 0.3 is 0 Å². The monoisotopic (exact) mass is 272 g/mol. The molecule has 0 amide bonds. The second kappa shape index (κ2) is 4.94. The largest absolute Gasteiger partial charge is 0.486 e. The molecule has 0 saturated heterocycles. The van der Waals surface area contributed by atoms with Gasteiger partial charge in [0, 0.05) is 12.1 Å². The highest BCUT2D eigenvalue weighted by Crippen LogP contribution is 2.20. The third-order valence-corrected chi connectivity index (χ3v) is 3.28. The van der Waals surface area contributed by atoms with Crippen LogP contribution in [-0.4, -0.2) is 9.55 Å². The summed E-state index contributed by atoms with van der Waals surface area (Å²) in [6.45, 7) is 0.437. The number of halogens is 1. The molecule has 0 saturated carbocycles. The first-order chi connectivity index (χ1) is 9.24. The first-order valence-electron chi connectivity index (χ1n) is 6.03. The van der Waals surface area contributed by atoms with Gasteiger partial charge in [0.05, 0.1) is 11.0 Å². The first kappa shape index (κ1) is 12.1. The fourth-order valence-electron chi connectivity index (χ4n) is 2.02. The van der Waals surface area contributed by atoms with Gasteiger partial charge in [-0.3, -0.25) is 0 Å². The van der Waals surface area contributed by atoms with Crippen molar-refractivity contribution < 1.29 is 4.74 Å². The van der Waals surface area contributed by atoms with E-state index in [0.29, 0.717) is 11.6 Å². The number of hydrogen-bond donors (Lipinski definition) is 0. The van der Waals surface area contributed by atoms with Crippen LogP contribution in [0.5, 0.6) is 5.75 Å². The summed E-state index contributed by atoms with van der Waals surface area (Å²) >= 11 is 5.97. The van der Waals surface area contributed by atoms with Crippen molar-refractivity contribution >= 4 is 22.6 Å². The van der Waals surface area contributed by atoms with E-state index in [4.69, 9.17) is 16.3 Å². The average Bonchev–Trinajstić information content (AvgIpc) is 2.74. The Morgan fingerprint density at radius 3 is 2.74 bits per heavy atom. The number of rotatable bonds is 3. The molecule has 1 aromatic heterocycles. The fourth-order valence-corrected chi connectivity index (χ4v) is 2.18. The van der Waals surface area contributed by atoms with Gasteiger partial charge in [-0.15, -0.1) is 0 Å². The molecular formula is C15H13ClN2O. The van der Waals surface area contributed by atoms with Gasteiger partial charge in [0.15, 0.2) is 0 Å². The summed E-state index contributed by atoms with van der Waals surface area (Å²) in [5, 5.41) is 0.695. The zero-order chi connectivity index (χ0) is 13.2. The second-order valence-corrected chi connectivity index (χ2v) is 4.76. The molecule has 4 heteroatoms. The molecular weight excluding hydrogens is 260 g/mol. The molecule has 0 aliphatic carbocycles. The molecule has 3 nitrogen and oxygen atoms in total. The lowest BCUT2D eigenvalue weighted by atomic mass is 10.3. The summed E-state index contributed by atoms with van der Waals surface area (Å²) in [6, 6.07) is 15.4. The van der Waals surface area contributed by atoms with Crippen LogP contribution in [0.1, 0.15) is 5.82 Å². The maximum absolute atomic E-state index is 5.97. The van der Waals surface area contributed by atoms with Crippen molar-refractivity contribution in [2.75, 3.05) is 0 Å². The molecule has 0 atom stereocenters. The van der Waals surface area contributed by atoms with Crippen LogP contribution >= 0.6 is 11.6 Å². The Labute approximate surface area is 116 Å². The van der Waals surface area contributed by atoms with E-state index in [1.807, 2.05) is 60.1 Å². The Morgan fingerprint density at radius 1 is 1.16 bits per heavy atom. The number of ether oxygens (including phenoxy) is 1. The van der Waals surface area contributed by atoms with E-state index >= 15 is 0 Å². The van der Waals surface area contributed by atoms with Gasteiger partial charge in [-0.2, -0.15) is 0 Å². The Hall–Kier alpha value is -2.00. The van der Waals surface area contributed by atoms with Crippen LogP contribution in [0.2, 0.25) is 5.02 Å². The molecule has 0 aliphatic heterocycles. The Kier molecular flexibility index (Phi) is 3.13. The second-order valence-electron chi connectivity index (χ2n) is 4.32. The van der Waals surface area contributed by atoms with Crippen LogP contribution in [0.25, 0.3) is 11.0 Å². The zero-order valence-corrected chi connectivity index (χ0v) is 11.3. The van der Waals surface area contributed by atoms with Gasteiger partial charge in [-0.25, -0.2) is 4.98 Å². The SMILES string of the molecule is Cn1c(COc2ccccc2)nc2cc(Cl)ccc21. The third-order valence-electron chi connectivity index (χ3n) is 3.05. The number of nitrogens with zero attached hydrogens (tertiary/aromatic N) is 2. The van der Waals surface area contributed by atoms with Crippen LogP contribution in [0.4, 0.5) is 0 Å². The summed E-state index contributed by atoms with van der Waals surface area (Å²) in [5.74, 6) is 1.72. The van der Waals surface area contributed by atoms with E-state index in [-0.39, 0.29) is 0 Å².